The summed E-state index contributed by atoms with van der Waals surface area (Å²) in [6.45, 7) is 5.25. The predicted molar refractivity (Wildman–Crippen MR) is 134 cm³/mol. The van der Waals surface area contributed by atoms with Crippen LogP contribution in [-0.2, 0) is 0 Å². The molecule has 0 saturated carbocycles. The third-order valence-corrected chi connectivity index (χ3v) is 6.67. The number of carboxylic acid groups (broad SMARTS) is 1. The lowest BCUT2D eigenvalue weighted by atomic mass is 9.96. The number of likely N-dealkylation sites (tertiary alicyclic amines) is 1. The van der Waals surface area contributed by atoms with Crippen molar-refractivity contribution < 1.29 is 14.6 Å². The molecule has 4 rings (SSSR count). The number of ether oxygens (including phenoxy) is 1. The number of carboxylic acids is 1. The highest BCUT2D eigenvalue weighted by molar-refractivity contribution is 6.30. The maximum Gasteiger partial charge on any atom is 0.339 e. The number of H-pyrrole nitrogens is 1. The SMILES string of the molecule is CC[C@@H](c1ccc(C(=O)O)c(Oc2cccc(Cl)c2)c1)N1CCC[C@H](n2cc(C)c(=O)[nH]c2=O)C1. The average Bonchev–Trinajstić information content (AvgIpc) is 2.82. The summed E-state index contributed by atoms with van der Waals surface area (Å²) in [7, 11) is 0. The molecule has 0 aliphatic carbocycles. The first kappa shape index (κ1) is 24.8. The number of rotatable bonds is 7. The fourth-order valence-corrected chi connectivity index (χ4v) is 4.90. The van der Waals surface area contributed by atoms with E-state index in [-0.39, 0.29) is 29.0 Å². The monoisotopic (exact) mass is 497 g/mol. The van der Waals surface area contributed by atoms with E-state index in [0.717, 1.165) is 31.4 Å². The van der Waals surface area contributed by atoms with E-state index in [1.54, 1.807) is 54.1 Å². The molecule has 1 aromatic heterocycles. The van der Waals surface area contributed by atoms with E-state index >= 15 is 0 Å². The Bertz CT molecular complexity index is 1350. The molecule has 1 aliphatic rings. The van der Waals surface area contributed by atoms with Crippen molar-refractivity contribution in [3.63, 3.8) is 0 Å². The molecular formula is C26H28ClN3O5. The topological polar surface area (TPSA) is 105 Å². The summed E-state index contributed by atoms with van der Waals surface area (Å²) in [5.41, 5.74) is 0.732. The maximum absolute atomic E-state index is 12.5. The number of aromatic nitrogens is 2. The number of halogens is 1. The van der Waals surface area contributed by atoms with Gasteiger partial charge < -0.3 is 9.84 Å². The lowest BCUT2D eigenvalue weighted by Crippen LogP contribution is -2.43. The first-order valence-electron chi connectivity index (χ1n) is 11.6. The lowest BCUT2D eigenvalue weighted by Gasteiger charge is -2.39. The maximum atomic E-state index is 12.5. The van der Waals surface area contributed by atoms with Crippen molar-refractivity contribution in [2.75, 3.05) is 13.1 Å². The van der Waals surface area contributed by atoms with Crippen LogP contribution >= 0.6 is 11.6 Å². The van der Waals surface area contributed by atoms with Gasteiger partial charge >= 0.3 is 11.7 Å². The number of carbonyl (C=O) groups is 1. The van der Waals surface area contributed by atoms with Crippen LogP contribution < -0.4 is 16.0 Å². The van der Waals surface area contributed by atoms with Crippen molar-refractivity contribution in [1.29, 1.82) is 0 Å². The number of benzene rings is 2. The van der Waals surface area contributed by atoms with E-state index in [4.69, 9.17) is 16.3 Å². The van der Waals surface area contributed by atoms with Gasteiger partial charge in [0.15, 0.2) is 0 Å². The predicted octanol–water partition coefficient (Wildman–Crippen LogP) is 4.78. The summed E-state index contributed by atoms with van der Waals surface area (Å²) < 4.78 is 7.56. The van der Waals surface area contributed by atoms with Crippen molar-refractivity contribution >= 4 is 17.6 Å². The molecule has 0 radical (unpaired) electrons. The van der Waals surface area contributed by atoms with Gasteiger partial charge in [0.1, 0.15) is 17.1 Å². The van der Waals surface area contributed by atoms with E-state index < -0.39 is 11.7 Å². The number of aryl methyl sites for hydroxylation is 1. The van der Waals surface area contributed by atoms with Gasteiger partial charge in [0.05, 0.1) is 6.04 Å². The zero-order valence-corrected chi connectivity index (χ0v) is 20.4. The minimum absolute atomic E-state index is 0.00177. The van der Waals surface area contributed by atoms with E-state index in [2.05, 4.69) is 16.8 Å². The molecule has 184 valence electrons. The summed E-state index contributed by atoms with van der Waals surface area (Å²) in [4.78, 5) is 40.8. The second kappa shape index (κ2) is 10.5. The normalized spacial score (nSPS) is 17.2. The molecule has 3 aromatic rings. The number of hydrogen-bond donors (Lipinski definition) is 2. The summed E-state index contributed by atoms with van der Waals surface area (Å²) in [6.07, 6.45) is 4.15. The minimum atomic E-state index is -1.08. The van der Waals surface area contributed by atoms with Crippen molar-refractivity contribution in [3.8, 4) is 11.5 Å². The third kappa shape index (κ3) is 5.49. The zero-order chi connectivity index (χ0) is 25.1. The minimum Gasteiger partial charge on any atom is -0.478 e. The van der Waals surface area contributed by atoms with Gasteiger partial charge in [-0.05, 0) is 68.6 Å². The van der Waals surface area contributed by atoms with Gasteiger partial charge in [-0.15, -0.1) is 0 Å². The molecule has 2 aromatic carbocycles. The molecule has 2 N–H and O–H groups in total. The van der Waals surface area contributed by atoms with Crippen LogP contribution in [0.3, 0.4) is 0 Å². The van der Waals surface area contributed by atoms with Crippen LogP contribution in [0.4, 0.5) is 0 Å². The van der Waals surface area contributed by atoms with Gasteiger partial charge in [-0.3, -0.25) is 19.2 Å². The van der Waals surface area contributed by atoms with Crippen LogP contribution in [-0.4, -0.2) is 38.6 Å². The largest absolute Gasteiger partial charge is 0.478 e. The second-order valence-corrected chi connectivity index (χ2v) is 9.25. The number of aromatic amines is 1. The smallest absolute Gasteiger partial charge is 0.339 e. The van der Waals surface area contributed by atoms with Crippen LogP contribution in [0, 0.1) is 6.92 Å². The Hall–Kier alpha value is -3.36. The van der Waals surface area contributed by atoms with Crippen LogP contribution in [0.2, 0.25) is 5.02 Å². The van der Waals surface area contributed by atoms with Crippen molar-refractivity contribution in [2.24, 2.45) is 0 Å². The molecule has 0 bridgehead atoms. The van der Waals surface area contributed by atoms with Gasteiger partial charge in [0.2, 0.25) is 0 Å². The molecule has 1 aliphatic heterocycles. The van der Waals surface area contributed by atoms with E-state index in [9.17, 15) is 19.5 Å². The zero-order valence-electron chi connectivity index (χ0n) is 19.7. The van der Waals surface area contributed by atoms with Gasteiger partial charge in [0, 0.05) is 29.4 Å². The Kier molecular flexibility index (Phi) is 7.42. The molecule has 0 spiro atoms. The number of hydrogen-bond acceptors (Lipinski definition) is 5. The Morgan fingerprint density at radius 2 is 2.06 bits per heavy atom. The molecule has 1 saturated heterocycles. The number of nitrogens with zero attached hydrogens (tertiary/aromatic N) is 2. The summed E-state index contributed by atoms with van der Waals surface area (Å²) in [5.74, 6) is -0.375. The highest BCUT2D eigenvalue weighted by Crippen LogP contribution is 2.35. The molecule has 0 amide bonds. The van der Waals surface area contributed by atoms with Crippen LogP contribution in [0.15, 0.2) is 58.3 Å². The molecule has 1 fully saturated rings. The molecule has 2 heterocycles. The summed E-state index contributed by atoms with van der Waals surface area (Å²) in [6, 6.07) is 11.9. The molecule has 0 unspecified atom stereocenters. The van der Waals surface area contributed by atoms with Crippen molar-refractivity contribution in [1.82, 2.24) is 14.5 Å². The molecular weight excluding hydrogens is 470 g/mol. The lowest BCUT2D eigenvalue weighted by molar-refractivity contribution is 0.0694. The number of nitrogens with one attached hydrogen (secondary N) is 1. The molecule has 9 heteroatoms. The fourth-order valence-electron chi connectivity index (χ4n) is 4.72. The third-order valence-electron chi connectivity index (χ3n) is 6.44. The fraction of sp³-hybridized carbons (Fsp3) is 0.346. The second-order valence-electron chi connectivity index (χ2n) is 8.81. The molecule has 2 atom stereocenters. The van der Waals surface area contributed by atoms with Gasteiger partial charge in [0.25, 0.3) is 5.56 Å². The van der Waals surface area contributed by atoms with E-state index in [1.165, 1.54) is 0 Å². The first-order chi connectivity index (χ1) is 16.8. The highest BCUT2D eigenvalue weighted by Gasteiger charge is 2.28. The van der Waals surface area contributed by atoms with Crippen LogP contribution in [0.1, 0.15) is 59.8 Å². The van der Waals surface area contributed by atoms with Crippen LogP contribution in [0.25, 0.3) is 0 Å². The number of piperidine rings is 1. The Balaban J connectivity index is 1.64. The van der Waals surface area contributed by atoms with Crippen molar-refractivity contribution in [2.45, 2.75) is 45.2 Å². The standard InChI is InChI=1S/C26H28ClN3O5/c1-3-22(29-11-5-7-19(15-29)30-14-16(2)24(31)28-26(30)34)17-9-10-21(25(32)33)23(12-17)35-20-8-4-6-18(27)13-20/h4,6,8-10,12-14,19,22H,3,5,7,11,15H2,1-2H3,(H,32,33)(H,28,31,34)/t19-,22-/m0/s1. The highest BCUT2D eigenvalue weighted by atomic mass is 35.5. The Labute approximate surface area is 207 Å². The van der Waals surface area contributed by atoms with Crippen molar-refractivity contribution in [3.05, 3.63) is 91.2 Å². The quantitative estimate of drug-likeness (QED) is 0.487. The Morgan fingerprint density at radius 3 is 2.77 bits per heavy atom. The summed E-state index contributed by atoms with van der Waals surface area (Å²) in [5, 5.41) is 10.2. The number of aromatic carboxylic acids is 1. The molecule has 8 nitrogen and oxygen atoms in total. The van der Waals surface area contributed by atoms with E-state index in [0.29, 0.717) is 22.9 Å². The average molecular weight is 498 g/mol. The first-order valence-corrected chi connectivity index (χ1v) is 12.0. The van der Waals surface area contributed by atoms with E-state index in [1.807, 2.05) is 6.07 Å². The van der Waals surface area contributed by atoms with Gasteiger partial charge in [-0.25, -0.2) is 9.59 Å². The summed E-state index contributed by atoms with van der Waals surface area (Å²) >= 11 is 6.07. The van der Waals surface area contributed by atoms with Crippen LogP contribution in [0.5, 0.6) is 11.5 Å². The molecule has 35 heavy (non-hydrogen) atoms. The van der Waals surface area contributed by atoms with Gasteiger partial charge in [-0.1, -0.05) is 30.7 Å². The van der Waals surface area contributed by atoms with Gasteiger partial charge in [-0.2, -0.15) is 0 Å². The Morgan fingerprint density at radius 1 is 1.26 bits per heavy atom.